The van der Waals surface area contributed by atoms with E-state index in [1.165, 1.54) is 12.1 Å². The molecule has 2 aromatic rings. The predicted octanol–water partition coefficient (Wildman–Crippen LogP) is -2.40. The van der Waals surface area contributed by atoms with E-state index in [0.29, 0.717) is 5.56 Å². The molecule has 2 rings (SSSR count). The van der Waals surface area contributed by atoms with Crippen LogP contribution in [-0.2, 0) is 0 Å². The van der Waals surface area contributed by atoms with Crippen molar-refractivity contribution in [1.29, 1.82) is 0 Å². The summed E-state index contributed by atoms with van der Waals surface area (Å²) < 4.78 is 0. The Bertz CT molecular complexity index is 604. The minimum absolute atomic E-state index is 0.233. The Hall–Kier alpha value is -1.37. The summed E-state index contributed by atoms with van der Waals surface area (Å²) in [5.74, 6) is 0. The third kappa shape index (κ3) is 3.03. The first kappa shape index (κ1) is 15.0. The molecule has 0 heterocycles. The van der Waals surface area contributed by atoms with Crippen LogP contribution in [0.3, 0.4) is 0 Å². The van der Waals surface area contributed by atoms with Crippen LogP contribution in [0.1, 0.15) is 0 Å². The Morgan fingerprint density at radius 2 is 1.20 bits per heavy atom. The topological polar surface area (TPSA) is 121 Å². The van der Waals surface area contributed by atoms with E-state index in [0.717, 1.165) is 6.07 Å². The molecule has 0 atom stereocenters. The van der Waals surface area contributed by atoms with Crippen molar-refractivity contribution in [1.82, 2.24) is 0 Å². The summed E-state index contributed by atoms with van der Waals surface area (Å²) in [4.78, 5) is 57.2. The van der Waals surface area contributed by atoms with E-state index in [4.69, 9.17) is 0 Å². The molecule has 0 aliphatic rings. The van der Waals surface area contributed by atoms with E-state index in [9.17, 15) is 28.8 Å². The predicted molar refractivity (Wildman–Crippen MR) is 76.0 cm³/mol. The molecule has 0 radical (unpaired) electrons. The standard InChI is InChI=1S/C12H14O6Si2/c13-19(14,15)11-8-4-7-10(12(11)20(16,17)18)9-5-2-1-3-6-9/h1-8,13-18H. The van der Waals surface area contributed by atoms with Gasteiger partial charge >= 0.3 is 17.6 Å². The van der Waals surface area contributed by atoms with Crippen molar-refractivity contribution in [2.45, 2.75) is 0 Å². The fraction of sp³-hybridized carbons (Fsp3) is 0. The summed E-state index contributed by atoms with van der Waals surface area (Å²) in [6, 6.07) is 12.6. The third-order valence-electron chi connectivity index (χ3n) is 2.85. The highest BCUT2D eigenvalue weighted by Gasteiger charge is 2.44. The number of benzene rings is 2. The second-order valence-electron chi connectivity index (χ2n) is 4.36. The molecule has 0 saturated heterocycles. The average Bonchev–Trinajstić information content (AvgIpc) is 2.37. The average molecular weight is 310 g/mol. The smallest absolute Gasteiger partial charge is 0.386 e. The molecule has 0 saturated carbocycles. The molecule has 0 unspecified atom stereocenters. The van der Waals surface area contributed by atoms with Crippen molar-refractivity contribution in [2.75, 3.05) is 0 Å². The molecule has 0 amide bonds. The van der Waals surface area contributed by atoms with Gasteiger partial charge in [0.15, 0.2) is 0 Å². The van der Waals surface area contributed by atoms with Crippen LogP contribution in [0.15, 0.2) is 48.5 Å². The molecule has 0 aromatic heterocycles. The minimum Gasteiger partial charge on any atom is -0.386 e. The van der Waals surface area contributed by atoms with Crippen molar-refractivity contribution in [3.8, 4) is 11.1 Å². The van der Waals surface area contributed by atoms with Crippen molar-refractivity contribution in [3.05, 3.63) is 48.5 Å². The molecule has 8 heteroatoms. The van der Waals surface area contributed by atoms with E-state index in [2.05, 4.69) is 0 Å². The van der Waals surface area contributed by atoms with Gasteiger partial charge in [0.1, 0.15) is 0 Å². The lowest BCUT2D eigenvalue weighted by atomic mass is 10.1. The first-order valence-electron chi connectivity index (χ1n) is 5.75. The molecule has 0 bridgehead atoms. The summed E-state index contributed by atoms with van der Waals surface area (Å²) in [5.41, 5.74) is 0.785. The Morgan fingerprint density at radius 1 is 0.600 bits per heavy atom. The lowest BCUT2D eigenvalue weighted by molar-refractivity contribution is 0.241. The van der Waals surface area contributed by atoms with Gasteiger partial charge in [-0.1, -0.05) is 48.5 Å². The van der Waals surface area contributed by atoms with Gasteiger partial charge in [-0.25, -0.2) is 0 Å². The summed E-state index contributed by atoms with van der Waals surface area (Å²) in [7, 11) is -9.66. The molecule has 2 aromatic carbocycles. The second kappa shape index (κ2) is 5.20. The molecule has 0 spiro atoms. The van der Waals surface area contributed by atoms with Crippen LogP contribution in [0.5, 0.6) is 0 Å². The SMILES string of the molecule is O[Si](O)(O)c1cccc(-c2ccccc2)c1[Si](O)(O)O. The van der Waals surface area contributed by atoms with Gasteiger partial charge < -0.3 is 28.8 Å². The van der Waals surface area contributed by atoms with E-state index in [1.807, 2.05) is 0 Å². The maximum atomic E-state index is 9.61. The van der Waals surface area contributed by atoms with Gasteiger partial charge in [0.25, 0.3) is 0 Å². The van der Waals surface area contributed by atoms with Crippen molar-refractivity contribution < 1.29 is 28.8 Å². The van der Waals surface area contributed by atoms with E-state index in [1.54, 1.807) is 30.3 Å². The fourth-order valence-corrected chi connectivity index (χ4v) is 4.88. The van der Waals surface area contributed by atoms with Crippen molar-refractivity contribution >= 4 is 28.0 Å². The Morgan fingerprint density at radius 3 is 1.70 bits per heavy atom. The number of hydrogen-bond donors (Lipinski definition) is 6. The monoisotopic (exact) mass is 310 g/mol. The largest absolute Gasteiger partial charge is 0.529 e. The normalized spacial score (nSPS) is 12.5. The summed E-state index contributed by atoms with van der Waals surface area (Å²) in [6.07, 6.45) is 0. The summed E-state index contributed by atoms with van der Waals surface area (Å²) >= 11 is 0. The van der Waals surface area contributed by atoms with Crippen LogP contribution in [0, 0.1) is 0 Å². The Kier molecular flexibility index (Phi) is 3.91. The van der Waals surface area contributed by atoms with Crippen LogP contribution in [-0.4, -0.2) is 46.4 Å². The van der Waals surface area contributed by atoms with Gasteiger partial charge in [-0.2, -0.15) is 0 Å². The Balaban J connectivity index is 2.77. The van der Waals surface area contributed by atoms with Gasteiger partial charge in [-0.05, 0) is 11.1 Å². The zero-order chi connectivity index (χ0) is 15.0. The fourth-order valence-electron chi connectivity index (χ4n) is 2.05. The maximum Gasteiger partial charge on any atom is 0.529 e. The molecule has 6 nitrogen and oxygen atoms in total. The molecule has 0 aliphatic carbocycles. The third-order valence-corrected chi connectivity index (χ3v) is 5.44. The highest BCUT2D eigenvalue weighted by Crippen LogP contribution is 2.18. The van der Waals surface area contributed by atoms with Gasteiger partial charge in [-0.15, -0.1) is 0 Å². The van der Waals surface area contributed by atoms with Crippen LogP contribution < -0.4 is 10.4 Å². The Labute approximate surface area is 117 Å². The van der Waals surface area contributed by atoms with E-state index in [-0.39, 0.29) is 5.56 Å². The highest BCUT2D eigenvalue weighted by atomic mass is 28.4. The van der Waals surface area contributed by atoms with Crippen LogP contribution in [0.4, 0.5) is 0 Å². The first-order chi connectivity index (χ1) is 9.21. The molecule has 0 fully saturated rings. The lowest BCUT2D eigenvalue weighted by Gasteiger charge is -2.22. The van der Waals surface area contributed by atoms with Gasteiger partial charge in [0.2, 0.25) is 0 Å². The molecular formula is C12H14O6Si2. The van der Waals surface area contributed by atoms with Gasteiger partial charge in [0, 0.05) is 10.4 Å². The van der Waals surface area contributed by atoms with Crippen LogP contribution in [0.2, 0.25) is 0 Å². The summed E-state index contributed by atoms with van der Waals surface area (Å²) in [5, 5.41) is -0.844. The first-order valence-corrected chi connectivity index (χ1v) is 9.43. The zero-order valence-corrected chi connectivity index (χ0v) is 12.3. The molecule has 106 valence electrons. The zero-order valence-electron chi connectivity index (χ0n) is 10.3. The number of rotatable bonds is 3. The maximum absolute atomic E-state index is 9.61. The quantitative estimate of drug-likeness (QED) is 0.352. The van der Waals surface area contributed by atoms with Crippen molar-refractivity contribution in [2.24, 2.45) is 0 Å². The molecule has 0 aliphatic heterocycles. The van der Waals surface area contributed by atoms with Crippen LogP contribution >= 0.6 is 0 Å². The minimum atomic E-state index is -4.86. The summed E-state index contributed by atoms with van der Waals surface area (Å²) in [6.45, 7) is 0. The van der Waals surface area contributed by atoms with Crippen LogP contribution in [0.25, 0.3) is 11.1 Å². The molecule has 20 heavy (non-hydrogen) atoms. The molecule has 6 N–H and O–H groups in total. The van der Waals surface area contributed by atoms with Gasteiger partial charge in [-0.3, -0.25) is 0 Å². The van der Waals surface area contributed by atoms with E-state index >= 15 is 0 Å². The van der Waals surface area contributed by atoms with Gasteiger partial charge in [0.05, 0.1) is 0 Å². The number of hydrogen-bond acceptors (Lipinski definition) is 6. The second-order valence-corrected chi connectivity index (χ2v) is 7.95. The van der Waals surface area contributed by atoms with Crippen molar-refractivity contribution in [3.63, 3.8) is 0 Å². The highest BCUT2D eigenvalue weighted by molar-refractivity contribution is 6.84. The molecular weight excluding hydrogens is 296 g/mol. The lowest BCUT2D eigenvalue weighted by Crippen LogP contribution is -2.65. The van der Waals surface area contributed by atoms with E-state index < -0.39 is 28.0 Å².